The molecule has 0 bridgehead atoms. The number of hydrogen-bond donors (Lipinski definition) is 0. The summed E-state index contributed by atoms with van der Waals surface area (Å²) in [5.41, 5.74) is 7.29. The molecule has 0 aromatic heterocycles. The van der Waals surface area contributed by atoms with E-state index in [2.05, 4.69) is 89.2 Å². The molecule has 0 saturated carbocycles. The first-order valence-electron chi connectivity index (χ1n) is 13.8. The number of rotatable bonds is 10. The van der Waals surface area contributed by atoms with Gasteiger partial charge in [-0.3, -0.25) is 9.59 Å². The lowest BCUT2D eigenvalue weighted by Gasteiger charge is -2.32. The van der Waals surface area contributed by atoms with Gasteiger partial charge >= 0.3 is 0 Å². The van der Waals surface area contributed by atoms with Crippen molar-refractivity contribution in [1.29, 1.82) is 0 Å². The monoisotopic (exact) mass is 498 g/mol. The fourth-order valence-electron chi connectivity index (χ4n) is 5.68. The molecule has 4 nitrogen and oxygen atoms in total. The van der Waals surface area contributed by atoms with E-state index in [1.54, 1.807) is 4.90 Å². The van der Waals surface area contributed by atoms with Crippen molar-refractivity contribution in [3.05, 3.63) is 81.9 Å². The maximum Gasteiger partial charge on any atom is 0.235 e. The standard InChI is InChI=1S/C33H42N2O2/c1-22(2)19-35(20-23(3)4)33(37)31(18-29-17-28-10-7-8-13-30(28)24(29)5)32(36)34(6)21-25-14-15-26-11-9-12-27(26)16-25/h7-10,12-17,22-24,31H,11,18-21H2,1-6H3. The predicted molar refractivity (Wildman–Crippen MR) is 153 cm³/mol. The van der Waals surface area contributed by atoms with Crippen LogP contribution in [-0.2, 0) is 22.6 Å². The van der Waals surface area contributed by atoms with Crippen molar-refractivity contribution in [2.24, 2.45) is 17.8 Å². The number of carbonyl (C=O) groups is 2. The van der Waals surface area contributed by atoms with Crippen LogP contribution < -0.4 is 0 Å². The van der Waals surface area contributed by atoms with Crippen LogP contribution in [-0.4, -0.2) is 41.8 Å². The quantitative estimate of drug-likeness (QED) is 0.348. The molecule has 2 aliphatic carbocycles. The Kier molecular flexibility index (Phi) is 8.36. The zero-order valence-corrected chi connectivity index (χ0v) is 23.3. The molecular formula is C33H42N2O2. The van der Waals surface area contributed by atoms with E-state index < -0.39 is 5.92 Å². The Hall–Kier alpha value is -3.14. The highest BCUT2D eigenvalue weighted by molar-refractivity contribution is 6.00. The molecule has 4 rings (SSSR count). The van der Waals surface area contributed by atoms with Crippen LogP contribution in [0.5, 0.6) is 0 Å². The van der Waals surface area contributed by atoms with Crippen LogP contribution in [0, 0.1) is 17.8 Å². The molecule has 0 fully saturated rings. The topological polar surface area (TPSA) is 40.6 Å². The summed E-state index contributed by atoms with van der Waals surface area (Å²) in [6.07, 6.45) is 7.93. The van der Waals surface area contributed by atoms with Crippen LogP contribution in [0.15, 0.2) is 54.1 Å². The summed E-state index contributed by atoms with van der Waals surface area (Å²) >= 11 is 0. The molecule has 196 valence electrons. The van der Waals surface area contributed by atoms with Gasteiger partial charge in [0.2, 0.25) is 11.8 Å². The molecule has 37 heavy (non-hydrogen) atoms. The van der Waals surface area contributed by atoms with Gasteiger partial charge in [-0.15, -0.1) is 0 Å². The smallest absolute Gasteiger partial charge is 0.235 e. The van der Waals surface area contributed by atoms with Crippen molar-refractivity contribution in [1.82, 2.24) is 9.80 Å². The molecule has 2 aliphatic rings. The van der Waals surface area contributed by atoms with E-state index in [-0.39, 0.29) is 17.7 Å². The summed E-state index contributed by atoms with van der Waals surface area (Å²) in [7, 11) is 1.84. The molecular weight excluding hydrogens is 456 g/mol. The van der Waals surface area contributed by atoms with Crippen molar-refractivity contribution in [3.63, 3.8) is 0 Å². The zero-order chi connectivity index (χ0) is 26.7. The predicted octanol–water partition coefficient (Wildman–Crippen LogP) is 6.56. The van der Waals surface area contributed by atoms with E-state index >= 15 is 0 Å². The molecule has 2 aromatic carbocycles. The van der Waals surface area contributed by atoms with E-state index in [1.807, 2.05) is 18.0 Å². The summed E-state index contributed by atoms with van der Waals surface area (Å²) in [5.74, 6) is 0.0217. The van der Waals surface area contributed by atoms with E-state index in [1.165, 1.54) is 22.3 Å². The number of nitrogens with zero attached hydrogens (tertiary/aromatic N) is 2. The molecule has 0 radical (unpaired) electrons. The minimum Gasteiger partial charge on any atom is -0.341 e. The van der Waals surface area contributed by atoms with Gasteiger partial charge in [-0.25, -0.2) is 0 Å². The van der Waals surface area contributed by atoms with Crippen LogP contribution in [0.2, 0.25) is 0 Å². The molecule has 0 saturated heterocycles. The average Bonchev–Trinajstić information content (AvgIpc) is 3.44. The number of amides is 2. The second-order valence-corrected chi connectivity index (χ2v) is 11.7. The van der Waals surface area contributed by atoms with Crippen molar-refractivity contribution in [2.75, 3.05) is 20.1 Å². The van der Waals surface area contributed by atoms with Gasteiger partial charge in [-0.1, -0.05) is 94.8 Å². The Labute approximate surface area is 223 Å². The lowest BCUT2D eigenvalue weighted by atomic mass is 9.89. The molecule has 0 heterocycles. The molecule has 2 unspecified atom stereocenters. The highest BCUT2D eigenvalue weighted by Gasteiger charge is 2.36. The third-order valence-corrected chi connectivity index (χ3v) is 7.52. The molecule has 0 aliphatic heterocycles. The Morgan fingerprint density at radius 2 is 1.65 bits per heavy atom. The highest BCUT2D eigenvalue weighted by Crippen LogP contribution is 2.39. The average molecular weight is 499 g/mol. The van der Waals surface area contributed by atoms with Crippen molar-refractivity contribution < 1.29 is 9.59 Å². The van der Waals surface area contributed by atoms with Gasteiger partial charge < -0.3 is 9.80 Å². The normalized spacial score (nSPS) is 16.5. The van der Waals surface area contributed by atoms with Crippen molar-refractivity contribution in [3.8, 4) is 0 Å². The van der Waals surface area contributed by atoms with Crippen LogP contribution in [0.1, 0.15) is 74.8 Å². The summed E-state index contributed by atoms with van der Waals surface area (Å²) in [5, 5.41) is 0. The third-order valence-electron chi connectivity index (χ3n) is 7.52. The largest absolute Gasteiger partial charge is 0.341 e. The van der Waals surface area contributed by atoms with Gasteiger partial charge in [0.15, 0.2) is 0 Å². The fourth-order valence-corrected chi connectivity index (χ4v) is 5.68. The lowest BCUT2D eigenvalue weighted by molar-refractivity contribution is -0.147. The van der Waals surface area contributed by atoms with Crippen LogP contribution in [0.25, 0.3) is 12.2 Å². The molecule has 0 N–H and O–H groups in total. The van der Waals surface area contributed by atoms with Gasteiger partial charge in [-0.2, -0.15) is 0 Å². The molecule has 2 atom stereocenters. The van der Waals surface area contributed by atoms with Gasteiger partial charge in [0.1, 0.15) is 5.92 Å². The number of carbonyl (C=O) groups excluding carboxylic acids is 2. The maximum absolute atomic E-state index is 14.1. The fraction of sp³-hybridized carbons (Fsp3) is 0.455. The Bertz CT molecular complexity index is 1200. The second-order valence-electron chi connectivity index (χ2n) is 11.7. The summed E-state index contributed by atoms with van der Waals surface area (Å²) in [6, 6.07) is 14.8. The Balaban J connectivity index is 1.59. The van der Waals surface area contributed by atoms with Crippen molar-refractivity contribution in [2.45, 2.75) is 59.9 Å². The van der Waals surface area contributed by atoms with Crippen LogP contribution >= 0.6 is 0 Å². The minimum atomic E-state index is -0.722. The van der Waals surface area contributed by atoms with Gasteiger partial charge in [0.25, 0.3) is 0 Å². The third kappa shape index (κ3) is 6.23. The molecule has 2 amide bonds. The molecule has 4 heteroatoms. The van der Waals surface area contributed by atoms with Crippen molar-refractivity contribution >= 4 is 24.0 Å². The highest BCUT2D eigenvalue weighted by atomic mass is 16.2. The molecule has 2 aromatic rings. The van der Waals surface area contributed by atoms with Gasteiger partial charge in [0.05, 0.1) is 0 Å². The second kappa shape index (κ2) is 11.5. The number of benzene rings is 2. The minimum absolute atomic E-state index is 0.0415. The maximum atomic E-state index is 14.1. The number of fused-ring (bicyclic) bond motifs is 2. The van der Waals surface area contributed by atoms with E-state index in [4.69, 9.17) is 0 Å². The first kappa shape index (κ1) is 26.9. The lowest BCUT2D eigenvalue weighted by Crippen LogP contribution is -2.46. The van der Waals surface area contributed by atoms with E-state index in [0.29, 0.717) is 37.9 Å². The van der Waals surface area contributed by atoms with E-state index in [0.717, 1.165) is 17.6 Å². The summed E-state index contributed by atoms with van der Waals surface area (Å²) < 4.78 is 0. The van der Waals surface area contributed by atoms with Gasteiger partial charge in [0, 0.05) is 32.6 Å². The van der Waals surface area contributed by atoms with Gasteiger partial charge in [-0.05, 0) is 58.6 Å². The number of hydrogen-bond acceptors (Lipinski definition) is 2. The SMILES string of the molecule is CC(C)CN(CC(C)C)C(=O)C(CC1=Cc2ccccc2C1C)C(=O)N(C)Cc1ccc2c(c1)C=CC2. The first-order chi connectivity index (χ1) is 17.6. The number of allylic oxidation sites excluding steroid dienone is 2. The summed E-state index contributed by atoms with van der Waals surface area (Å²) in [4.78, 5) is 31.8. The molecule has 0 spiro atoms. The summed E-state index contributed by atoms with van der Waals surface area (Å²) in [6.45, 7) is 12.5. The first-order valence-corrected chi connectivity index (χ1v) is 13.8. The van der Waals surface area contributed by atoms with Crippen LogP contribution in [0.3, 0.4) is 0 Å². The van der Waals surface area contributed by atoms with E-state index in [9.17, 15) is 9.59 Å². The zero-order valence-electron chi connectivity index (χ0n) is 23.3. The Morgan fingerprint density at radius 3 is 2.32 bits per heavy atom. The Morgan fingerprint density at radius 1 is 0.946 bits per heavy atom. The van der Waals surface area contributed by atoms with Crippen LogP contribution in [0.4, 0.5) is 0 Å².